The van der Waals surface area contributed by atoms with Crippen molar-refractivity contribution in [2.45, 2.75) is 17.9 Å². The molecule has 3 N–H and O–H groups in total. The van der Waals surface area contributed by atoms with Crippen molar-refractivity contribution >= 4 is 17.6 Å². The van der Waals surface area contributed by atoms with Gasteiger partial charge in [-0.15, -0.1) is 10.2 Å². The molecule has 1 aromatic carbocycles. The maximum absolute atomic E-state index is 13.9. The first-order valence-electron chi connectivity index (χ1n) is 5.12. The normalized spacial score (nSPS) is 10.6. The fourth-order valence-electron chi connectivity index (χ4n) is 1.38. The van der Waals surface area contributed by atoms with Crippen molar-refractivity contribution in [3.63, 3.8) is 0 Å². The predicted molar refractivity (Wildman–Crippen MR) is 66.0 cm³/mol. The zero-order valence-electron chi connectivity index (χ0n) is 9.61. The van der Waals surface area contributed by atoms with Crippen LogP contribution in [0.2, 0.25) is 0 Å². The van der Waals surface area contributed by atoms with Crippen LogP contribution in [0.3, 0.4) is 0 Å². The monoisotopic (exact) mass is 266 g/mol. The topological polar surface area (TPSA) is 88.8 Å². The molecule has 2 aromatic rings. The number of hydrogen-bond acceptors (Lipinski definition) is 5. The maximum atomic E-state index is 13.9. The van der Waals surface area contributed by atoms with E-state index in [1.807, 2.05) is 0 Å². The van der Waals surface area contributed by atoms with Crippen molar-refractivity contribution in [1.82, 2.24) is 10.2 Å². The maximum Gasteiger partial charge on any atom is 0.276 e. The predicted octanol–water partition coefficient (Wildman–Crippen LogP) is 2.09. The minimum atomic E-state index is -0.478. The van der Waals surface area contributed by atoms with Crippen molar-refractivity contribution in [1.29, 1.82) is 5.41 Å². The van der Waals surface area contributed by atoms with Crippen molar-refractivity contribution in [3.8, 4) is 0 Å². The molecule has 1 aromatic heterocycles. The Morgan fingerprint density at radius 1 is 1.50 bits per heavy atom. The van der Waals surface area contributed by atoms with E-state index in [1.54, 1.807) is 19.1 Å². The molecule has 0 amide bonds. The fourth-order valence-corrected chi connectivity index (χ4v) is 2.16. The van der Waals surface area contributed by atoms with Crippen LogP contribution in [0.15, 0.2) is 27.8 Å². The zero-order chi connectivity index (χ0) is 13.1. The summed E-state index contributed by atoms with van der Waals surface area (Å²) in [5, 5.41) is 15.1. The lowest BCUT2D eigenvalue weighted by Gasteiger charge is -2.05. The molecule has 7 heteroatoms. The van der Waals surface area contributed by atoms with Gasteiger partial charge in [0, 0.05) is 12.7 Å². The summed E-state index contributed by atoms with van der Waals surface area (Å²) in [6.45, 7) is 1.69. The summed E-state index contributed by atoms with van der Waals surface area (Å²) in [5.74, 6) is 0.0476. The van der Waals surface area contributed by atoms with Gasteiger partial charge in [-0.2, -0.15) is 0 Å². The second kappa shape index (κ2) is 5.18. The number of benzene rings is 1. The molecule has 0 fully saturated rings. The minimum absolute atomic E-state index is 0.106. The number of nitrogens with two attached hydrogens (primary N) is 1. The second-order valence-electron chi connectivity index (χ2n) is 3.57. The molecule has 2 rings (SSSR count). The lowest BCUT2D eigenvalue weighted by Crippen LogP contribution is -2.14. The number of halogens is 1. The fraction of sp³-hybridized carbons (Fsp3) is 0.182. The van der Waals surface area contributed by atoms with Gasteiger partial charge >= 0.3 is 0 Å². The molecule has 0 atom stereocenters. The van der Waals surface area contributed by atoms with Crippen LogP contribution in [0.4, 0.5) is 4.39 Å². The number of thioether (sulfide) groups is 1. The Hall–Kier alpha value is -1.89. The van der Waals surface area contributed by atoms with Crippen LogP contribution < -0.4 is 5.73 Å². The van der Waals surface area contributed by atoms with Crippen LogP contribution in [-0.4, -0.2) is 16.0 Å². The average molecular weight is 266 g/mol. The van der Waals surface area contributed by atoms with Gasteiger partial charge in [0.1, 0.15) is 11.7 Å². The standard InChI is InChI=1S/C11H11FN4OS/c1-6-15-16-11(17-6)18-5-7-3-2-4-8(9(7)12)10(13)14/h2-4H,5H2,1H3,(H3,13,14). The molecule has 1 heterocycles. The van der Waals surface area contributed by atoms with Gasteiger partial charge in [0.25, 0.3) is 5.22 Å². The van der Waals surface area contributed by atoms with Crippen LogP contribution in [0.5, 0.6) is 0 Å². The Kier molecular flexibility index (Phi) is 3.61. The number of rotatable bonds is 4. The summed E-state index contributed by atoms with van der Waals surface area (Å²) in [7, 11) is 0. The quantitative estimate of drug-likeness (QED) is 0.502. The molecular formula is C11H11FN4OS. The summed E-state index contributed by atoms with van der Waals surface area (Å²) >= 11 is 1.24. The van der Waals surface area contributed by atoms with Gasteiger partial charge in [-0.05, 0) is 11.6 Å². The highest BCUT2D eigenvalue weighted by Gasteiger charge is 2.11. The van der Waals surface area contributed by atoms with E-state index in [4.69, 9.17) is 15.6 Å². The second-order valence-corrected chi connectivity index (χ2v) is 4.49. The van der Waals surface area contributed by atoms with E-state index in [2.05, 4.69) is 10.2 Å². The molecule has 0 bridgehead atoms. The van der Waals surface area contributed by atoms with Gasteiger partial charge in [0.05, 0.1) is 5.56 Å². The van der Waals surface area contributed by atoms with Crippen molar-refractivity contribution in [2.75, 3.05) is 0 Å². The number of amidine groups is 1. The molecule has 18 heavy (non-hydrogen) atoms. The van der Waals surface area contributed by atoms with Crippen LogP contribution in [0.25, 0.3) is 0 Å². The summed E-state index contributed by atoms with van der Waals surface area (Å²) in [6, 6.07) is 4.77. The SMILES string of the molecule is Cc1nnc(SCc2cccc(C(=N)N)c2F)o1. The third-order valence-corrected chi connectivity index (χ3v) is 3.09. The first kappa shape index (κ1) is 12.6. The first-order valence-corrected chi connectivity index (χ1v) is 6.11. The van der Waals surface area contributed by atoms with Crippen molar-refractivity contribution in [2.24, 2.45) is 5.73 Å². The van der Waals surface area contributed by atoms with Crippen LogP contribution in [-0.2, 0) is 5.75 Å². The average Bonchev–Trinajstić information content (AvgIpc) is 2.73. The first-order chi connectivity index (χ1) is 8.58. The van der Waals surface area contributed by atoms with E-state index < -0.39 is 5.82 Å². The Bertz CT molecular complexity index is 584. The summed E-state index contributed by atoms with van der Waals surface area (Å²) in [6.07, 6.45) is 0. The Morgan fingerprint density at radius 3 is 2.89 bits per heavy atom. The third kappa shape index (κ3) is 2.67. The molecule has 0 unspecified atom stereocenters. The van der Waals surface area contributed by atoms with E-state index in [1.165, 1.54) is 17.8 Å². The van der Waals surface area contributed by atoms with E-state index in [-0.39, 0.29) is 11.4 Å². The number of nitrogens with zero attached hydrogens (tertiary/aromatic N) is 2. The molecule has 0 aliphatic heterocycles. The van der Waals surface area contributed by atoms with Gasteiger partial charge < -0.3 is 10.2 Å². The minimum Gasteiger partial charge on any atom is -0.416 e. The lowest BCUT2D eigenvalue weighted by atomic mass is 10.1. The molecule has 94 valence electrons. The van der Waals surface area contributed by atoms with E-state index in [9.17, 15) is 4.39 Å². The van der Waals surface area contributed by atoms with Crippen LogP contribution >= 0.6 is 11.8 Å². The van der Waals surface area contributed by atoms with Crippen molar-refractivity contribution in [3.05, 3.63) is 41.0 Å². The van der Waals surface area contributed by atoms with Gasteiger partial charge in [0.2, 0.25) is 5.89 Å². The summed E-state index contributed by atoms with van der Waals surface area (Å²) in [4.78, 5) is 0. The molecule has 0 aliphatic rings. The molecular weight excluding hydrogens is 255 g/mol. The molecule has 5 nitrogen and oxygen atoms in total. The molecule has 0 spiro atoms. The number of nitrogen functional groups attached to an aromatic ring is 1. The molecule has 0 saturated heterocycles. The van der Waals surface area contributed by atoms with Crippen LogP contribution in [0, 0.1) is 18.2 Å². The highest BCUT2D eigenvalue weighted by Crippen LogP contribution is 2.23. The van der Waals surface area contributed by atoms with Gasteiger partial charge in [-0.1, -0.05) is 23.9 Å². The highest BCUT2D eigenvalue weighted by molar-refractivity contribution is 7.98. The Balaban J connectivity index is 2.14. The van der Waals surface area contributed by atoms with E-state index >= 15 is 0 Å². The third-order valence-electron chi connectivity index (χ3n) is 2.23. The van der Waals surface area contributed by atoms with Gasteiger partial charge in [0.15, 0.2) is 0 Å². The molecule has 0 aliphatic carbocycles. The largest absolute Gasteiger partial charge is 0.416 e. The summed E-state index contributed by atoms with van der Waals surface area (Å²) in [5.41, 5.74) is 5.84. The Morgan fingerprint density at radius 2 is 2.28 bits per heavy atom. The van der Waals surface area contributed by atoms with E-state index in [0.717, 1.165) is 0 Å². The number of aryl methyl sites for hydroxylation is 1. The number of hydrogen-bond donors (Lipinski definition) is 2. The molecule has 0 radical (unpaired) electrons. The van der Waals surface area contributed by atoms with Crippen molar-refractivity contribution < 1.29 is 8.81 Å². The van der Waals surface area contributed by atoms with Gasteiger partial charge in [-0.3, -0.25) is 5.41 Å². The zero-order valence-corrected chi connectivity index (χ0v) is 10.4. The van der Waals surface area contributed by atoms with Gasteiger partial charge in [-0.25, -0.2) is 4.39 Å². The smallest absolute Gasteiger partial charge is 0.276 e. The number of aromatic nitrogens is 2. The Labute approximate surface area is 107 Å². The van der Waals surface area contributed by atoms with Crippen LogP contribution in [0.1, 0.15) is 17.0 Å². The number of nitrogens with one attached hydrogen (secondary N) is 1. The van der Waals surface area contributed by atoms with E-state index in [0.29, 0.717) is 22.4 Å². The molecule has 0 saturated carbocycles. The lowest BCUT2D eigenvalue weighted by molar-refractivity contribution is 0.429. The highest BCUT2D eigenvalue weighted by atomic mass is 32.2. The summed E-state index contributed by atoms with van der Waals surface area (Å²) < 4.78 is 19.1.